The number of halogens is 1. The summed E-state index contributed by atoms with van der Waals surface area (Å²) < 4.78 is 46.4. The minimum atomic E-state index is -3.76. The van der Waals surface area contributed by atoms with Gasteiger partial charge in [0.1, 0.15) is 5.82 Å². The normalized spacial score (nSPS) is 19.7. The summed E-state index contributed by atoms with van der Waals surface area (Å²) in [4.78, 5) is 0.0939. The van der Waals surface area contributed by atoms with Crippen molar-refractivity contribution in [2.75, 3.05) is 25.5 Å². The maximum atomic E-state index is 13.6. The maximum absolute atomic E-state index is 13.6. The first-order chi connectivity index (χ1) is 9.59. The van der Waals surface area contributed by atoms with Crippen LogP contribution in [0.5, 0.6) is 0 Å². The predicted octanol–water partition coefficient (Wildman–Crippen LogP) is 1.82. The van der Waals surface area contributed by atoms with E-state index < -0.39 is 21.4 Å². The van der Waals surface area contributed by atoms with Gasteiger partial charge in [0.05, 0.1) is 29.3 Å². The fourth-order valence-electron chi connectivity index (χ4n) is 2.73. The van der Waals surface area contributed by atoms with Crippen LogP contribution in [0.25, 0.3) is 0 Å². The van der Waals surface area contributed by atoms with Crippen molar-refractivity contribution < 1.29 is 17.5 Å². The van der Waals surface area contributed by atoms with E-state index in [4.69, 9.17) is 10.5 Å². The monoisotopic (exact) mass is 316 g/mol. The molecule has 1 aromatic carbocycles. The Balaban J connectivity index is 2.63. The van der Waals surface area contributed by atoms with Gasteiger partial charge in [0, 0.05) is 6.54 Å². The molecule has 1 aromatic rings. The van der Waals surface area contributed by atoms with Crippen LogP contribution in [0, 0.1) is 19.7 Å². The Hall–Kier alpha value is -1.18. The fraction of sp³-hybridized carbons (Fsp3) is 0.571. The molecule has 0 unspecified atom stereocenters. The molecule has 0 spiro atoms. The average Bonchev–Trinajstić information content (AvgIpc) is 2.34. The van der Waals surface area contributed by atoms with Crippen LogP contribution in [0.2, 0.25) is 0 Å². The van der Waals surface area contributed by atoms with Crippen molar-refractivity contribution >= 4 is 15.7 Å². The zero-order valence-corrected chi connectivity index (χ0v) is 13.6. The van der Waals surface area contributed by atoms with Gasteiger partial charge in [-0.1, -0.05) is 0 Å². The van der Waals surface area contributed by atoms with Crippen molar-refractivity contribution in [3.05, 3.63) is 23.0 Å². The number of nitrogens with zero attached hydrogens (tertiary/aromatic N) is 1. The highest BCUT2D eigenvalue weighted by Crippen LogP contribution is 2.33. The van der Waals surface area contributed by atoms with E-state index in [1.807, 2.05) is 0 Å². The van der Waals surface area contributed by atoms with Gasteiger partial charge in [-0.25, -0.2) is 12.8 Å². The van der Waals surface area contributed by atoms with Crippen LogP contribution in [0.4, 0.5) is 10.1 Å². The van der Waals surface area contributed by atoms with Crippen LogP contribution < -0.4 is 5.73 Å². The Bertz CT molecular complexity index is 671. The molecule has 1 fully saturated rings. The Kier molecular flexibility index (Phi) is 4.03. The summed E-state index contributed by atoms with van der Waals surface area (Å²) in [5, 5.41) is 0. The zero-order chi connectivity index (χ0) is 16.0. The molecule has 21 heavy (non-hydrogen) atoms. The van der Waals surface area contributed by atoms with Crippen molar-refractivity contribution in [1.82, 2.24) is 4.31 Å². The summed E-state index contributed by atoms with van der Waals surface area (Å²) in [7, 11) is -3.76. The van der Waals surface area contributed by atoms with Gasteiger partial charge in [0.2, 0.25) is 10.0 Å². The number of nitrogens with two attached hydrogens (primary N) is 1. The molecule has 5 nitrogen and oxygen atoms in total. The van der Waals surface area contributed by atoms with Crippen LogP contribution >= 0.6 is 0 Å². The Morgan fingerprint density at radius 2 is 2.00 bits per heavy atom. The molecule has 2 N–H and O–H groups in total. The number of hydrogen-bond acceptors (Lipinski definition) is 4. The first-order valence-electron chi connectivity index (χ1n) is 6.75. The van der Waals surface area contributed by atoms with Gasteiger partial charge in [-0.3, -0.25) is 0 Å². The van der Waals surface area contributed by atoms with Crippen LogP contribution in [0.15, 0.2) is 11.0 Å². The van der Waals surface area contributed by atoms with E-state index in [0.717, 1.165) is 0 Å². The summed E-state index contributed by atoms with van der Waals surface area (Å²) in [5.74, 6) is -0.592. The number of sulfonamides is 1. The number of aryl methyl sites for hydroxylation is 1. The predicted molar refractivity (Wildman–Crippen MR) is 79.1 cm³/mol. The topological polar surface area (TPSA) is 72.6 Å². The average molecular weight is 316 g/mol. The van der Waals surface area contributed by atoms with E-state index in [1.54, 1.807) is 20.8 Å². The van der Waals surface area contributed by atoms with E-state index >= 15 is 0 Å². The van der Waals surface area contributed by atoms with Crippen LogP contribution in [-0.4, -0.2) is 38.0 Å². The van der Waals surface area contributed by atoms with Gasteiger partial charge in [-0.2, -0.15) is 4.31 Å². The molecule has 0 aliphatic carbocycles. The SMILES string of the molecule is Cc1cc(F)c(N)c(C)c1S(=O)(=O)N1CCOCC1(C)C. The molecule has 2 rings (SSSR count). The highest BCUT2D eigenvalue weighted by atomic mass is 32.2. The number of morpholine rings is 1. The zero-order valence-electron chi connectivity index (χ0n) is 12.7. The number of ether oxygens (including phenoxy) is 1. The second kappa shape index (κ2) is 5.23. The molecule has 1 saturated heterocycles. The molecule has 0 bridgehead atoms. The summed E-state index contributed by atoms with van der Waals surface area (Å²) in [6.07, 6.45) is 0. The van der Waals surface area contributed by atoms with Crippen molar-refractivity contribution in [3.63, 3.8) is 0 Å². The lowest BCUT2D eigenvalue weighted by Gasteiger charge is -2.41. The summed E-state index contributed by atoms with van der Waals surface area (Å²) >= 11 is 0. The van der Waals surface area contributed by atoms with Gasteiger partial charge in [-0.15, -0.1) is 0 Å². The quantitative estimate of drug-likeness (QED) is 0.845. The standard InChI is InChI=1S/C14H21FN2O3S/c1-9-7-11(15)12(16)10(2)13(9)21(18,19)17-5-6-20-8-14(17,3)4/h7H,5-6,8,16H2,1-4H3. The lowest BCUT2D eigenvalue weighted by molar-refractivity contribution is -0.00773. The Morgan fingerprint density at radius 3 is 2.57 bits per heavy atom. The van der Waals surface area contributed by atoms with Gasteiger partial charge < -0.3 is 10.5 Å². The molecule has 0 aromatic heterocycles. The van der Waals surface area contributed by atoms with Gasteiger partial charge in [0.15, 0.2) is 0 Å². The van der Waals surface area contributed by atoms with Gasteiger partial charge in [-0.05, 0) is 44.9 Å². The van der Waals surface area contributed by atoms with Gasteiger partial charge in [0.25, 0.3) is 0 Å². The van der Waals surface area contributed by atoms with Crippen molar-refractivity contribution in [2.24, 2.45) is 0 Å². The maximum Gasteiger partial charge on any atom is 0.244 e. The highest BCUT2D eigenvalue weighted by molar-refractivity contribution is 7.89. The Morgan fingerprint density at radius 1 is 1.38 bits per heavy atom. The van der Waals surface area contributed by atoms with E-state index in [0.29, 0.717) is 18.8 Å². The number of benzene rings is 1. The molecular formula is C14H21FN2O3S. The van der Waals surface area contributed by atoms with Crippen LogP contribution in [0.3, 0.4) is 0 Å². The molecule has 1 aliphatic heterocycles. The molecule has 0 atom stereocenters. The second-order valence-corrected chi connectivity index (χ2v) is 7.78. The van der Waals surface area contributed by atoms with Gasteiger partial charge >= 0.3 is 0 Å². The Labute approximate surface area is 124 Å². The molecule has 118 valence electrons. The highest BCUT2D eigenvalue weighted by Gasteiger charge is 2.41. The largest absolute Gasteiger partial charge is 0.396 e. The summed E-state index contributed by atoms with van der Waals surface area (Å²) in [5.41, 5.74) is 5.51. The van der Waals surface area contributed by atoms with E-state index in [-0.39, 0.29) is 22.7 Å². The number of nitrogen functional groups attached to an aromatic ring is 1. The molecule has 1 aliphatic rings. The second-order valence-electron chi connectivity index (χ2n) is 5.99. The van der Waals surface area contributed by atoms with E-state index in [9.17, 15) is 12.8 Å². The van der Waals surface area contributed by atoms with E-state index in [1.165, 1.54) is 17.3 Å². The first kappa shape index (κ1) is 16.2. The smallest absolute Gasteiger partial charge is 0.244 e. The molecule has 0 radical (unpaired) electrons. The van der Waals surface area contributed by atoms with Crippen molar-refractivity contribution in [3.8, 4) is 0 Å². The third-order valence-electron chi connectivity index (χ3n) is 3.82. The third-order valence-corrected chi connectivity index (χ3v) is 6.22. The fourth-order valence-corrected chi connectivity index (χ4v) is 4.93. The number of anilines is 1. The third kappa shape index (κ3) is 2.65. The van der Waals surface area contributed by atoms with Crippen molar-refractivity contribution in [1.29, 1.82) is 0 Å². The molecular weight excluding hydrogens is 295 g/mol. The molecule has 1 heterocycles. The van der Waals surface area contributed by atoms with E-state index in [2.05, 4.69) is 0 Å². The lowest BCUT2D eigenvalue weighted by atomic mass is 10.1. The minimum absolute atomic E-state index is 0.0939. The minimum Gasteiger partial charge on any atom is -0.396 e. The summed E-state index contributed by atoms with van der Waals surface area (Å²) in [6.45, 7) is 7.66. The number of hydrogen-bond donors (Lipinski definition) is 1. The molecule has 0 amide bonds. The molecule has 0 saturated carbocycles. The van der Waals surface area contributed by atoms with Crippen LogP contribution in [0.1, 0.15) is 25.0 Å². The summed E-state index contributed by atoms with van der Waals surface area (Å²) in [6, 6.07) is 1.17. The van der Waals surface area contributed by atoms with Crippen molar-refractivity contribution in [2.45, 2.75) is 38.1 Å². The van der Waals surface area contributed by atoms with Crippen LogP contribution in [-0.2, 0) is 14.8 Å². The number of rotatable bonds is 2. The lowest BCUT2D eigenvalue weighted by Crippen LogP contribution is -2.55. The molecule has 7 heteroatoms. The first-order valence-corrected chi connectivity index (χ1v) is 8.19.